The number of amides is 1. The maximum absolute atomic E-state index is 11.0. The lowest BCUT2D eigenvalue weighted by Crippen LogP contribution is -2.37. The lowest BCUT2D eigenvalue weighted by Gasteiger charge is -2.34. The van der Waals surface area contributed by atoms with Gasteiger partial charge >= 0.3 is 0 Å². The number of nitrogens with one attached hydrogen (secondary N) is 1. The summed E-state index contributed by atoms with van der Waals surface area (Å²) in [5, 5.41) is 3.58. The Labute approximate surface area is 209 Å². The lowest BCUT2D eigenvalue weighted by atomic mass is 9.89. The fraction of sp³-hybridized carbons (Fsp3) is 0.500. The predicted molar refractivity (Wildman–Crippen MR) is 133 cm³/mol. The number of aryl methyl sites for hydroxylation is 1. The molecular formula is C26H32N4O6. The molecule has 1 atom stereocenters. The van der Waals surface area contributed by atoms with Crippen molar-refractivity contribution in [3.8, 4) is 17.0 Å². The van der Waals surface area contributed by atoms with Gasteiger partial charge in [0.05, 0.1) is 56.1 Å². The minimum Gasteiger partial charge on any atom is -0.493 e. The van der Waals surface area contributed by atoms with Gasteiger partial charge in [0.25, 0.3) is 0 Å². The molecule has 1 saturated heterocycles. The molecule has 0 bridgehead atoms. The van der Waals surface area contributed by atoms with Crippen molar-refractivity contribution >= 4 is 23.1 Å². The third-order valence-electron chi connectivity index (χ3n) is 6.71. The molecule has 5 rings (SSSR count). The van der Waals surface area contributed by atoms with Crippen LogP contribution in [0.4, 0.5) is 5.82 Å². The van der Waals surface area contributed by atoms with E-state index in [-0.39, 0.29) is 0 Å². The highest BCUT2D eigenvalue weighted by Crippen LogP contribution is 2.44. The average molecular weight is 497 g/mol. The third kappa shape index (κ3) is 4.81. The van der Waals surface area contributed by atoms with Crippen molar-refractivity contribution in [2.75, 3.05) is 58.7 Å². The zero-order valence-electron chi connectivity index (χ0n) is 20.7. The fourth-order valence-corrected chi connectivity index (χ4v) is 4.91. The lowest BCUT2D eigenvalue weighted by molar-refractivity contribution is -0.105. The number of hydrogen-bond donors (Lipinski definition) is 1. The van der Waals surface area contributed by atoms with Gasteiger partial charge in [-0.2, -0.15) is 0 Å². The van der Waals surface area contributed by atoms with Crippen molar-refractivity contribution in [2.24, 2.45) is 7.05 Å². The van der Waals surface area contributed by atoms with Gasteiger partial charge in [-0.3, -0.25) is 4.79 Å². The Morgan fingerprint density at radius 1 is 1.22 bits per heavy atom. The summed E-state index contributed by atoms with van der Waals surface area (Å²) in [5.41, 5.74) is 4.08. The van der Waals surface area contributed by atoms with E-state index in [0.717, 1.165) is 58.4 Å². The van der Waals surface area contributed by atoms with Crippen LogP contribution >= 0.6 is 0 Å². The summed E-state index contributed by atoms with van der Waals surface area (Å²) < 4.78 is 31.0. The quantitative estimate of drug-likeness (QED) is 0.319. The van der Waals surface area contributed by atoms with Gasteiger partial charge in [0.1, 0.15) is 17.2 Å². The van der Waals surface area contributed by atoms with E-state index in [4.69, 9.17) is 28.7 Å². The van der Waals surface area contributed by atoms with E-state index in [1.165, 1.54) is 0 Å². The first-order chi connectivity index (χ1) is 17.6. The van der Waals surface area contributed by atoms with Crippen LogP contribution in [0.25, 0.3) is 22.2 Å². The number of nitrogens with zero attached hydrogens (tertiary/aromatic N) is 3. The average Bonchev–Trinajstić information content (AvgIpc) is 3.49. The summed E-state index contributed by atoms with van der Waals surface area (Å²) in [6, 6.07) is 3.88. The van der Waals surface area contributed by atoms with E-state index in [1.807, 2.05) is 29.9 Å². The molecule has 1 unspecified atom stereocenters. The van der Waals surface area contributed by atoms with Crippen LogP contribution in [0, 0.1) is 0 Å². The van der Waals surface area contributed by atoms with Crippen LogP contribution in [0.1, 0.15) is 24.1 Å². The first-order valence-electron chi connectivity index (χ1n) is 12.3. The molecule has 5 heterocycles. The van der Waals surface area contributed by atoms with Gasteiger partial charge in [-0.15, -0.1) is 0 Å². The van der Waals surface area contributed by atoms with Crippen LogP contribution in [-0.4, -0.2) is 74.3 Å². The SMILES string of the molecule is COCCOCCCOc1cc(-c2cn(C)c3cnc(NC=O)cc23)nc2c1CCOC21CCOC1. The van der Waals surface area contributed by atoms with E-state index in [2.05, 4.69) is 10.3 Å². The van der Waals surface area contributed by atoms with Crippen molar-refractivity contribution in [2.45, 2.75) is 24.9 Å². The summed E-state index contributed by atoms with van der Waals surface area (Å²) in [7, 11) is 3.63. The van der Waals surface area contributed by atoms with Crippen molar-refractivity contribution in [3.63, 3.8) is 0 Å². The largest absolute Gasteiger partial charge is 0.493 e. The molecule has 2 aliphatic heterocycles. The zero-order valence-corrected chi connectivity index (χ0v) is 20.7. The number of methoxy groups -OCH3 is 1. The maximum Gasteiger partial charge on any atom is 0.212 e. The number of aromatic nitrogens is 3. The molecule has 2 aliphatic rings. The van der Waals surface area contributed by atoms with Crippen LogP contribution in [0.3, 0.4) is 0 Å². The first-order valence-corrected chi connectivity index (χ1v) is 12.3. The predicted octanol–water partition coefficient (Wildman–Crippen LogP) is 2.82. The summed E-state index contributed by atoms with van der Waals surface area (Å²) in [5.74, 6) is 1.30. The Morgan fingerprint density at radius 2 is 2.14 bits per heavy atom. The maximum atomic E-state index is 11.0. The summed E-state index contributed by atoms with van der Waals surface area (Å²) in [6.45, 7) is 4.01. The van der Waals surface area contributed by atoms with Crippen molar-refractivity contribution in [3.05, 3.63) is 35.8 Å². The number of carbonyl (C=O) groups excluding carboxylic acids is 1. The van der Waals surface area contributed by atoms with Gasteiger partial charge in [0, 0.05) is 75.4 Å². The molecule has 0 saturated carbocycles. The monoisotopic (exact) mass is 496 g/mol. The minimum atomic E-state index is -0.554. The molecule has 10 nitrogen and oxygen atoms in total. The van der Waals surface area contributed by atoms with E-state index in [1.54, 1.807) is 13.3 Å². The van der Waals surface area contributed by atoms with Gasteiger partial charge < -0.3 is 33.6 Å². The van der Waals surface area contributed by atoms with Gasteiger partial charge in [-0.25, -0.2) is 9.97 Å². The molecule has 0 aromatic carbocycles. The van der Waals surface area contributed by atoms with Crippen LogP contribution in [-0.2, 0) is 42.8 Å². The highest BCUT2D eigenvalue weighted by molar-refractivity contribution is 5.97. The topological polar surface area (TPSA) is 106 Å². The summed E-state index contributed by atoms with van der Waals surface area (Å²) in [6.07, 6.45) is 6.66. The first kappa shape index (κ1) is 24.6. The van der Waals surface area contributed by atoms with E-state index in [9.17, 15) is 4.79 Å². The summed E-state index contributed by atoms with van der Waals surface area (Å²) >= 11 is 0. The Hall–Kier alpha value is -3.05. The normalized spacial score (nSPS) is 19.1. The standard InChI is InChI=1S/C26H32N4O6/c1-30-15-20(19-12-24(28-17-31)27-14-22(19)30)21-13-23(35-7-3-6-33-11-10-32-2)18-4-8-36-26(25(18)29-21)5-9-34-16-26/h12-15,17H,3-11,16H2,1-2H3,(H,27,28,31). The molecule has 1 fully saturated rings. The van der Waals surface area contributed by atoms with Gasteiger partial charge in [0.2, 0.25) is 6.41 Å². The van der Waals surface area contributed by atoms with Crippen LogP contribution < -0.4 is 10.1 Å². The van der Waals surface area contributed by atoms with E-state index >= 15 is 0 Å². The number of ether oxygens (including phenoxy) is 5. The molecule has 1 spiro atoms. The second kappa shape index (κ2) is 10.9. The van der Waals surface area contributed by atoms with E-state index < -0.39 is 5.60 Å². The number of hydrogen-bond acceptors (Lipinski definition) is 8. The van der Waals surface area contributed by atoms with Crippen LogP contribution in [0.5, 0.6) is 5.75 Å². The fourth-order valence-electron chi connectivity index (χ4n) is 4.91. The number of rotatable bonds is 11. The molecule has 3 aromatic rings. The molecule has 192 valence electrons. The number of pyridine rings is 2. The number of fused-ring (bicyclic) bond motifs is 3. The van der Waals surface area contributed by atoms with Crippen LogP contribution in [0.15, 0.2) is 24.5 Å². The highest BCUT2D eigenvalue weighted by Gasteiger charge is 2.44. The number of carbonyl (C=O) groups is 1. The van der Waals surface area contributed by atoms with Gasteiger partial charge in [-0.05, 0) is 6.07 Å². The molecule has 1 amide bonds. The smallest absolute Gasteiger partial charge is 0.212 e. The Balaban J connectivity index is 1.52. The van der Waals surface area contributed by atoms with Crippen molar-refractivity contribution < 1.29 is 28.5 Å². The second-order valence-corrected chi connectivity index (χ2v) is 9.04. The molecule has 1 N–H and O–H groups in total. The molecule has 0 aliphatic carbocycles. The molecule has 36 heavy (non-hydrogen) atoms. The Bertz CT molecular complexity index is 1220. The Kier molecular flexibility index (Phi) is 7.47. The number of anilines is 1. The van der Waals surface area contributed by atoms with Crippen molar-refractivity contribution in [1.82, 2.24) is 14.5 Å². The molecular weight excluding hydrogens is 464 g/mol. The molecule has 3 aromatic heterocycles. The second-order valence-electron chi connectivity index (χ2n) is 9.04. The minimum absolute atomic E-state index is 0.482. The molecule has 0 radical (unpaired) electrons. The molecule has 10 heteroatoms. The zero-order chi connectivity index (χ0) is 25.0. The van der Waals surface area contributed by atoms with E-state index in [0.29, 0.717) is 58.5 Å². The highest BCUT2D eigenvalue weighted by atomic mass is 16.6. The van der Waals surface area contributed by atoms with Gasteiger partial charge in [-0.1, -0.05) is 0 Å². The third-order valence-corrected chi connectivity index (χ3v) is 6.71. The van der Waals surface area contributed by atoms with Crippen molar-refractivity contribution in [1.29, 1.82) is 0 Å². The Morgan fingerprint density at radius 3 is 2.94 bits per heavy atom. The van der Waals surface area contributed by atoms with Gasteiger partial charge in [0.15, 0.2) is 0 Å². The van der Waals surface area contributed by atoms with Crippen LogP contribution in [0.2, 0.25) is 0 Å². The summed E-state index contributed by atoms with van der Waals surface area (Å²) in [4.78, 5) is 20.5.